The fourth-order valence-corrected chi connectivity index (χ4v) is 8.83. The van der Waals surface area contributed by atoms with Gasteiger partial charge in [-0.2, -0.15) is 0 Å². The van der Waals surface area contributed by atoms with E-state index in [-0.39, 0.29) is 40.0 Å². The van der Waals surface area contributed by atoms with Crippen LogP contribution in [0.25, 0.3) is 0 Å². The van der Waals surface area contributed by atoms with Gasteiger partial charge in [0.1, 0.15) is 11.4 Å². The number of aromatic hydroxyl groups is 1. The largest absolute Gasteiger partial charge is 0.507 e. The van der Waals surface area contributed by atoms with E-state index in [9.17, 15) is 14.7 Å². The molecule has 0 aliphatic carbocycles. The number of methoxy groups -OCH3 is 1. The Hall–Kier alpha value is -4.46. The molecular formula is C39H44N6O5S2. The number of aryl methyl sites for hydroxylation is 1. The van der Waals surface area contributed by atoms with E-state index in [1.54, 1.807) is 26.4 Å². The molecule has 0 saturated carbocycles. The molecular weight excluding hydrogens is 697 g/mol. The van der Waals surface area contributed by atoms with Crippen molar-refractivity contribution in [3.63, 3.8) is 0 Å². The molecule has 2 aliphatic rings. The van der Waals surface area contributed by atoms with Crippen molar-refractivity contribution in [2.45, 2.75) is 85.7 Å². The maximum absolute atomic E-state index is 14.3. The molecule has 2 aliphatic heterocycles. The van der Waals surface area contributed by atoms with Crippen LogP contribution in [0, 0.1) is 0 Å². The molecule has 1 aromatic heterocycles. The van der Waals surface area contributed by atoms with Gasteiger partial charge in [0.15, 0.2) is 6.10 Å². The molecule has 13 heteroatoms. The molecule has 1 saturated heterocycles. The van der Waals surface area contributed by atoms with Crippen molar-refractivity contribution >= 4 is 41.6 Å². The lowest BCUT2D eigenvalue weighted by Crippen LogP contribution is -2.56. The number of β-lactam (4-membered cyclic amide) rings is 1. The Balaban J connectivity index is 1.44. The van der Waals surface area contributed by atoms with Crippen LogP contribution in [-0.2, 0) is 36.9 Å². The number of esters is 1. The minimum absolute atomic E-state index is 0.129. The van der Waals surface area contributed by atoms with E-state index < -0.39 is 22.4 Å². The Morgan fingerprint density at radius 3 is 2.06 bits per heavy atom. The van der Waals surface area contributed by atoms with E-state index in [0.717, 1.165) is 27.8 Å². The summed E-state index contributed by atoms with van der Waals surface area (Å²) in [5.41, 5.74) is 3.39. The molecule has 11 nitrogen and oxygen atoms in total. The van der Waals surface area contributed by atoms with Gasteiger partial charge in [-0.3, -0.25) is 9.69 Å². The third kappa shape index (κ3) is 7.53. The number of aromatic nitrogens is 4. The summed E-state index contributed by atoms with van der Waals surface area (Å²) in [5, 5.41) is 21.5. The van der Waals surface area contributed by atoms with Crippen LogP contribution in [0.3, 0.4) is 0 Å². The van der Waals surface area contributed by atoms with Crippen LogP contribution >= 0.6 is 23.5 Å². The zero-order valence-electron chi connectivity index (χ0n) is 30.6. The van der Waals surface area contributed by atoms with Gasteiger partial charge in [-0.1, -0.05) is 102 Å². The van der Waals surface area contributed by atoms with Crippen LogP contribution < -0.4 is 0 Å². The molecule has 6 rings (SSSR count). The topological polar surface area (TPSA) is 132 Å². The van der Waals surface area contributed by atoms with E-state index in [1.165, 1.54) is 33.1 Å². The van der Waals surface area contributed by atoms with Gasteiger partial charge in [0, 0.05) is 31.5 Å². The summed E-state index contributed by atoms with van der Waals surface area (Å²) in [6.45, 7) is 12.3. The van der Waals surface area contributed by atoms with Crippen molar-refractivity contribution in [2.75, 3.05) is 7.11 Å². The monoisotopic (exact) mass is 740 g/mol. The number of rotatable bonds is 10. The van der Waals surface area contributed by atoms with Gasteiger partial charge in [-0.25, -0.2) is 14.5 Å². The molecule has 2 unspecified atom stereocenters. The first-order valence-corrected chi connectivity index (χ1v) is 18.8. The van der Waals surface area contributed by atoms with Gasteiger partial charge >= 0.3 is 5.97 Å². The third-order valence-electron chi connectivity index (χ3n) is 9.03. The van der Waals surface area contributed by atoms with Crippen molar-refractivity contribution in [2.24, 2.45) is 12.0 Å². The quantitative estimate of drug-likeness (QED) is 0.0602. The number of hydrogen-bond donors (Lipinski definition) is 1. The Morgan fingerprint density at radius 1 is 1.00 bits per heavy atom. The van der Waals surface area contributed by atoms with E-state index in [2.05, 4.69) is 57.1 Å². The summed E-state index contributed by atoms with van der Waals surface area (Å²) >= 11 is 2.68. The maximum atomic E-state index is 14.3. The first-order chi connectivity index (χ1) is 24.6. The molecule has 3 aromatic carbocycles. The number of carbonyl (C=O) groups excluding carboxylic acids is 2. The number of nitrogens with zero attached hydrogens (tertiary/aromatic N) is 6. The summed E-state index contributed by atoms with van der Waals surface area (Å²) in [6, 6.07) is 22.9. The molecule has 4 aromatic rings. The molecule has 3 heterocycles. The Labute approximate surface area is 312 Å². The Bertz CT molecular complexity index is 1930. The van der Waals surface area contributed by atoms with Crippen molar-refractivity contribution < 1.29 is 24.2 Å². The second-order valence-corrected chi connectivity index (χ2v) is 17.4. The number of fused-ring (bicyclic) bond motifs is 1. The maximum Gasteiger partial charge on any atom is 0.355 e. The van der Waals surface area contributed by atoms with Crippen molar-refractivity contribution in [3.05, 3.63) is 112 Å². The summed E-state index contributed by atoms with van der Waals surface area (Å²) < 4.78 is 14.1. The summed E-state index contributed by atoms with van der Waals surface area (Å²) in [6.07, 6.45) is 2.99. The van der Waals surface area contributed by atoms with Crippen LogP contribution in [0.2, 0.25) is 0 Å². The van der Waals surface area contributed by atoms with Crippen LogP contribution in [0.4, 0.5) is 0 Å². The van der Waals surface area contributed by atoms with E-state index in [1.807, 2.05) is 72.8 Å². The first-order valence-electron chi connectivity index (χ1n) is 17.0. The fourth-order valence-electron chi connectivity index (χ4n) is 6.17. The molecule has 1 N–H and O–H groups in total. The standard InChI is InChI=1S/C39H44N6O5S2/c1-37(2,3)27-19-24(20-28(33(27)47)38(4,5)6)23-40-39(49-8,52-36-41-42-43-44(36)7)30-21-29(45-31(46)22-32(45)51-30)35(48)50-34(25-15-11-9-12-16-25)26-17-13-10-14-18-26/h9-21,23,30,32,34,47H,22H2,1-8H3/t30?,32-,39?/m1/s1. The smallest absolute Gasteiger partial charge is 0.355 e. The van der Waals surface area contributed by atoms with E-state index in [4.69, 9.17) is 14.5 Å². The number of carbonyl (C=O) groups is 2. The molecule has 0 bridgehead atoms. The molecule has 0 spiro atoms. The summed E-state index contributed by atoms with van der Waals surface area (Å²) in [4.78, 5) is 33.9. The lowest BCUT2D eigenvalue weighted by Gasteiger charge is -2.47. The van der Waals surface area contributed by atoms with Crippen molar-refractivity contribution in [3.8, 4) is 5.75 Å². The predicted octanol–water partition coefficient (Wildman–Crippen LogP) is 6.91. The van der Waals surface area contributed by atoms with Crippen LogP contribution in [0.15, 0.2) is 94.7 Å². The summed E-state index contributed by atoms with van der Waals surface area (Å²) in [7, 11) is 3.28. The number of tetrazole rings is 1. The second-order valence-electron chi connectivity index (χ2n) is 14.9. The lowest BCUT2D eigenvalue weighted by atomic mass is 9.78. The van der Waals surface area contributed by atoms with Gasteiger partial charge in [-0.15, -0.1) is 16.9 Å². The van der Waals surface area contributed by atoms with Gasteiger partial charge < -0.3 is 14.6 Å². The average molecular weight is 741 g/mol. The molecule has 0 radical (unpaired) electrons. The van der Waals surface area contributed by atoms with Gasteiger partial charge in [0.2, 0.25) is 16.1 Å². The van der Waals surface area contributed by atoms with E-state index in [0.29, 0.717) is 5.16 Å². The minimum Gasteiger partial charge on any atom is -0.507 e. The number of benzene rings is 3. The molecule has 272 valence electrons. The number of ether oxygens (including phenoxy) is 2. The normalized spacial score (nSPS) is 18.9. The van der Waals surface area contributed by atoms with Crippen LogP contribution in [0.1, 0.15) is 81.9 Å². The zero-order chi connectivity index (χ0) is 37.4. The summed E-state index contributed by atoms with van der Waals surface area (Å²) in [5.74, 6) is -0.536. The number of aliphatic imine (C=N–C) groups is 1. The zero-order valence-corrected chi connectivity index (χ0v) is 32.2. The van der Waals surface area contributed by atoms with Crippen molar-refractivity contribution in [1.82, 2.24) is 25.1 Å². The third-order valence-corrected chi connectivity index (χ3v) is 12.0. The Morgan fingerprint density at radius 2 is 1.58 bits per heavy atom. The van der Waals surface area contributed by atoms with Crippen molar-refractivity contribution in [1.29, 1.82) is 0 Å². The van der Waals surface area contributed by atoms with E-state index >= 15 is 0 Å². The Kier molecular flexibility index (Phi) is 10.4. The number of phenolic OH excluding ortho intramolecular Hbond substituents is 1. The second kappa shape index (κ2) is 14.5. The predicted molar refractivity (Wildman–Crippen MR) is 203 cm³/mol. The minimum atomic E-state index is -1.40. The van der Waals surface area contributed by atoms with Crippen LogP contribution in [0.5, 0.6) is 5.75 Å². The highest BCUT2D eigenvalue weighted by Gasteiger charge is 2.52. The number of hydrogen-bond acceptors (Lipinski definition) is 11. The number of thioether (sulfide) groups is 2. The average Bonchev–Trinajstić information content (AvgIpc) is 3.51. The van der Waals surface area contributed by atoms with Gasteiger partial charge in [0.25, 0.3) is 0 Å². The lowest BCUT2D eigenvalue weighted by molar-refractivity contribution is -0.151. The molecule has 3 atom stereocenters. The first kappa shape index (κ1) is 37.3. The van der Waals surface area contributed by atoms with Gasteiger partial charge in [0.05, 0.1) is 17.0 Å². The number of amides is 1. The fraction of sp³-hybridized carbons (Fsp3) is 0.385. The number of phenols is 1. The highest BCUT2D eigenvalue weighted by atomic mass is 32.2. The van der Waals surface area contributed by atoms with Gasteiger partial charge in [-0.05, 0) is 67.9 Å². The molecule has 52 heavy (non-hydrogen) atoms. The molecule has 1 fully saturated rings. The highest BCUT2D eigenvalue weighted by molar-refractivity contribution is 8.04. The SMILES string of the molecule is COC(N=Cc1cc(C(C)(C)C)c(O)c(C(C)(C)C)c1)(Sc1nnnn1C)C1C=C(C(=O)OC(c2ccccc2)c2ccccc2)N2C(=O)C[C@H]2S1. The van der Waals surface area contributed by atoms with Crippen LogP contribution in [-0.4, -0.2) is 71.1 Å². The molecule has 1 amide bonds. The highest BCUT2D eigenvalue weighted by Crippen LogP contribution is 2.50.